The Morgan fingerprint density at radius 2 is 2.11 bits per heavy atom. The van der Waals surface area contributed by atoms with Crippen molar-refractivity contribution in [2.45, 2.75) is 36.6 Å². The fourth-order valence-electron chi connectivity index (χ4n) is 4.95. The van der Waals surface area contributed by atoms with E-state index in [4.69, 9.17) is 4.74 Å². The highest BCUT2D eigenvalue weighted by Crippen LogP contribution is 2.40. The van der Waals surface area contributed by atoms with E-state index in [0.29, 0.717) is 28.9 Å². The zero-order valence-corrected chi connectivity index (χ0v) is 22.2. The van der Waals surface area contributed by atoms with Gasteiger partial charge in [0.25, 0.3) is 5.91 Å². The molecule has 0 radical (unpaired) electrons. The molecule has 2 aromatic carbocycles. The van der Waals surface area contributed by atoms with Crippen LogP contribution in [0.15, 0.2) is 47.6 Å². The van der Waals surface area contributed by atoms with Crippen molar-refractivity contribution in [3.8, 4) is 17.1 Å². The molecule has 7 nitrogen and oxygen atoms in total. The van der Waals surface area contributed by atoms with Gasteiger partial charge in [-0.1, -0.05) is 24.8 Å². The fourth-order valence-corrected chi connectivity index (χ4v) is 6.13. The van der Waals surface area contributed by atoms with Crippen molar-refractivity contribution in [3.63, 3.8) is 0 Å². The summed E-state index contributed by atoms with van der Waals surface area (Å²) in [5.74, 6) is -0.903. The molecule has 0 saturated carbocycles. The molecule has 10 heteroatoms. The summed E-state index contributed by atoms with van der Waals surface area (Å²) in [6, 6.07) is 9.72. The second kappa shape index (κ2) is 11.7. The second-order valence-electron chi connectivity index (χ2n) is 9.63. The first-order chi connectivity index (χ1) is 18.4. The van der Waals surface area contributed by atoms with Gasteiger partial charge in [-0.05, 0) is 68.3 Å². The van der Waals surface area contributed by atoms with Gasteiger partial charge in [-0.2, -0.15) is 9.97 Å². The Hall–Kier alpha value is -3.24. The molecule has 200 valence electrons. The number of hydrogen-bond acceptors (Lipinski definition) is 7. The van der Waals surface area contributed by atoms with Crippen molar-refractivity contribution in [3.05, 3.63) is 54.1 Å². The number of rotatable bonds is 9. The van der Waals surface area contributed by atoms with Gasteiger partial charge in [-0.25, -0.2) is 8.78 Å². The van der Waals surface area contributed by atoms with Crippen LogP contribution in [0.2, 0.25) is 0 Å². The summed E-state index contributed by atoms with van der Waals surface area (Å²) in [6.45, 7) is 4.83. The molecule has 1 saturated heterocycles. The summed E-state index contributed by atoms with van der Waals surface area (Å²) in [7, 11) is 2.07. The van der Waals surface area contributed by atoms with E-state index in [1.807, 2.05) is 12.1 Å². The van der Waals surface area contributed by atoms with E-state index in [0.717, 1.165) is 48.4 Å². The summed E-state index contributed by atoms with van der Waals surface area (Å²) in [6.07, 6.45) is 4.26. The smallest absolute Gasteiger partial charge is 0.318 e. The van der Waals surface area contributed by atoms with E-state index in [1.54, 1.807) is 17.8 Å². The first-order valence-electron chi connectivity index (χ1n) is 12.9. The van der Waals surface area contributed by atoms with E-state index in [9.17, 15) is 9.18 Å². The molecule has 0 unspecified atom stereocenters. The second-order valence-corrected chi connectivity index (χ2v) is 10.7. The van der Waals surface area contributed by atoms with Crippen molar-refractivity contribution in [2.75, 3.05) is 44.4 Å². The third kappa shape index (κ3) is 5.76. The van der Waals surface area contributed by atoms with Crippen LogP contribution in [-0.2, 0) is 11.2 Å². The molecule has 1 aromatic heterocycles. The number of hydrogen-bond donors (Lipinski definition) is 2. The number of aromatic nitrogens is 2. The van der Waals surface area contributed by atoms with Crippen molar-refractivity contribution in [1.29, 1.82) is 0 Å². The Morgan fingerprint density at radius 3 is 2.89 bits per heavy atom. The number of benzene rings is 2. The predicted molar refractivity (Wildman–Crippen MR) is 147 cm³/mol. The summed E-state index contributed by atoms with van der Waals surface area (Å²) in [4.78, 5) is 24.0. The minimum absolute atomic E-state index is 0.129. The first kappa shape index (κ1) is 26.4. The van der Waals surface area contributed by atoms with E-state index < -0.39 is 11.7 Å². The minimum atomic E-state index is -1.05. The maximum Gasteiger partial charge on any atom is 0.318 e. The highest BCUT2D eigenvalue weighted by atomic mass is 32.2. The van der Waals surface area contributed by atoms with Gasteiger partial charge in [0, 0.05) is 35.0 Å². The predicted octanol–water partition coefficient (Wildman–Crippen LogP) is 4.96. The van der Waals surface area contributed by atoms with Gasteiger partial charge in [0.05, 0.1) is 5.52 Å². The summed E-state index contributed by atoms with van der Waals surface area (Å²) in [5.41, 5.74) is 3.15. The molecule has 1 atom stereocenters. The van der Waals surface area contributed by atoms with Gasteiger partial charge in [-0.15, -0.1) is 11.8 Å². The van der Waals surface area contributed by atoms with Gasteiger partial charge < -0.3 is 20.3 Å². The number of fused-ring (bicyclic) bond motifs is 2. The number of anilines is 1. The Bertz CT molecular complexity index is 1370. The SMILES string of the molecule is C=C(F)C(=O)NCCNc1nc(OC[C@@H]2CCCN2C)nc2cc(-c3cccc4c3SCCC4)c(F)cc12. The summed E-state index contributed by atoms with van der Waals surface area (Å²) in [5, 5.41) is 6.03. The van der Waals surface area contributed by atoms with Crippen molar-refractivity contribution in [1.82, 2.24) is 20.2 Å². The van der Waals surface area contributed by atoms with Crippen molar-refractivity contribution >= 4 is 34.4 Å². The molecule has 0 aliphatic carbocycles. The average molecular weight is 540 g/mol. The number of carbonyl (C=O) groups is 1. The summed E-state index contributed by atoms with van der Waals surface area (Å²) < 4.78 is 34.6. The quantitative estimate of drug-likeness (QED) is 0.294. The fraction of sp³-hybridized carbons (Fsp3) is 0.393. The number of nitrogens with one attached hydrogen (secondary N) is 2. The largest absolute Gasteiger partial charge is 0.462 e. The van der Waals surface area contributed by atoms with Crippen LogP contribution >= 0.6 is 11.8 Å². The molecule has 1 amide bonds. The van der Waals surface area contributed by atoms with Crippen molar-refractivity contribution < 1.29 is 18.3 Å². The van der Waals surface area contributed by atoms with E-state index in [2.05, 4.69) is 45.2 Å². The topological polar surface area (TPSA) is 79.4 Å². The van der Waals surface area contributed by atoms with Crippen LogP contribution < -0.4 is 15.4 Å². The lowest BCUT2D eigenvalue weighted by Gasteiger charge is -2.20. The molecule has 2 aliphatic rings. The molecule has 3 aromatic rings. The van der Waals surface area contributed by atoms with Crippen LogP contribution in [0.1, 0.15) is 24.8 Å². The lowest BCUT2D eigenvalue weighted by Crippen LogP contribution is -2.31. The molecule has 2 aliphatic heterocycles. The van der Waals surface area contributed by atoms with Crippen LogP contribution in [0.4, 0.5) is 14.6 Å². The van der Waals surface area contributed by atoms with E-state index in [1.165, 1.54) is 11.6 Å². The Labute approximate surface area is 225 Å². The molecule has 3 heterocycles. The third-order valence-corrected chi connectivity index (χ3v) is 8.28. The molecule has 0 spiro atoms. The normalized spacial score (nSPS) is 17.3. The number of likely N-dealkylation sites (tertiary alicyclic amines) is 1. The Balaban J connectivity index is 1.47. The Kier molecular flexibility index (Phi) is 8.09. The summed E-state index contributed by atoms with van der Waals surface area (Å²) >= 11 is 1.76. The highest BCUT2D eigenvalue weighted by Gasteiger charge is 2.23. The third-order valence-electron chi connectivity index (χ3n) is 7.01. The zero-order valence-electron chi connectivity index (χ0n) is 21.4. The number of amides is 1. The Morgan fingerprint density at radius 1 is 1.24 bits per heavy atom. The monoisotopic (exact) mass is 539 g/mol. The average Bonchev–Trinajstić information content (AvgIpc) is 3.33. The minimum Gasteiger partial charge on any atom is -0.462 e. The molecule has 5 rings (SSSR count). The molecular formula is C28H31F2N5O2S. The zero-order chi connectivity index (χ0) is 26.6. The molecule has 38 heavy (non-hydrogen) atoms. The van der Waals surface area contributed by atoms with Crippen LogP contribution in [0.5, 0.6) is 6.01 Å². The van der Waals surface area contributed by atoms with Crippen molar-refractivity contribution in [2.24, 2.45) is 0 Å². The van der Waals surface area contributed by atoms with E-state index in [-0.39, 0.29) is 31.0 Å². The number of likely N-dealkylation sites (N-methyl/N-ethyl adjacent to an activating group) is 1. The number of nitrogens with zero attached hydrogens (tertiary/aromatic N) is 3. The maximum absolute atomic E-state index is 15.6. The van der Waals surface area contributed by atoms with Gasteiger partial charge in [0.1, 0.15) is 18.2 Å². The van der Waals surface area contributed by atoms with Crippen LogP contribution in [-0.4, -0.2) is 65.9 Å². The number of aryl methyl sites for hydroxylation is 1. The molecule has 1 fully saturated rings. The maximum atomic E-state index is 15.6. The molecular weight excluding hydrogens is 508 g/mol. The van der Waals surface area contributed by atoms with Crippen LogP contribution in [0.3, 0.4) is 0 Å². The number of carbonyl (C=O) groups excluding carboxylic acids is 1. The van der Waals surface area contributed by atoms with Gasteiger partial charge in [-0.3, -0.25) is 4.79 Å². The molecule has 0 bridgehead atoms. The lowest BCUT2D eigenvalue weighted by molar-refractivity contribution is -0.118. The van der Waals surface area contributed by atoms with Crippen LogP contribution in [0, 0.1) is 5.82 Å². The van der Waals surface area contributed by atoms with Gasteiger partial charge in [0.15, 0.2) is 5.83 Å². The number of ether oxygens (including phenoxy) is 1. The van der Waals surface area contributed by atoms with Crippen LogP contribution in [0.25, 0.3) is 22.0 Å². The van der Waals surface area contributed by atoms with Gasteiger partial charge >= 0.3 is 6.01 Å². The van der Waals surface area contributed by atoms with E-state index >= 15 is 4.39 Å². The number of halogens is 2. The molecule has 2 N–H and O–H groups in total. The lowest BCUT2D eigenvalue weighted by atomic mass is 9.99. The van der Waals surface area contributed by atoms with Gasteiger partial charge in [0.2, 0.25) is 0 Å². The standard InChI is InChI=1S/C28H31F2N5O2S/c1-17(29)27(36)32-11-10-31-26-22-14-23(30)21(20-9-3-6-18-7-5-13-38-25(18)20)15-24(22)33-28(34-26)37-16-19-8-4-12-35(19)2/h3,6,9,14-15,19H,1,4-5,7-8,10-13,16H2,2H3,(H,32,36)(H,31,33,34)/t19-/m0/s1. The number of thioether (sulfide) groups is 1. The first-order valence-corrected chi connectivity index (χ1v) is 13.8. The highest BCUT2D eigenvalue weighted by molar-refractivity contribution is 7.99.